The van der Waals surface area contributed by atoms with Crippen molar-refractivity contribution < 1.29 is 23.5 Å². The van der Waals surface area contributed by atoms with Gasteiger partial charge in [0.2, 0.25) is 0 Å². The van der Waals surface area contributed by atoms with E-state index in [2.05, 4.69) is 26.1 Å². The van der Waals surface area contributed by atoms with Crippen LogP contribution in [0.2, 0.25) is 0 Å². The average molecular weight is 409 g/mol. The first-order valence-corrected chi connectivity index (χ1v) is 8.49. The SMILES string of the molecule is COC(=O)c1cc(NC(=O)c2ccc(Br)o2)ccc1N1CCOCC1. The fourth-order valence-corrected chi connectivity index (χ4v) is 2.90. The predicted octanol–water partition coefficient (Wildman–Crippen LogP) is 2.92. The van der Waals surface area contributed by atoms with Crippen LogP contribution in [0.15, 0.2) is 39.4 Å². The molecule has 0 radical (unpaired) electrons. The molecule has 25 heavy (non-hydrogen) atoms. The lowest BCUT2D eigenvalue weighted by molar-refractivity contribution is 0.0600. The number of morpholine rings is 1. The summed E-state index contributed by atoms with van der Waals surface area (Å²) in [6, 6.07) is 8.34. The van der Waals surface area contributed by atoms with Crippen LogP contribution in [0.25, 0.3) is 0 Å². The van der Waals surface area contributed by atoms with Gasteiger partial charge in [-0.1, -0.05) is 0 Å². The summed E-state index contributed by atoms with van der Waals surface area (Å²) in [6.45, 7) is 2.59. The monoisotopic (exact) mass is 408 g/mol. The highest BCUT2D eigenvalue weighted by molar-refractivity contribution is 9.10. The second kappa shape index (κ2) is 7.71. The largest absolute Gasteiger partial charge is 0.465 e. The Bertz CT molecular complexity index is 783. The minimum atomic E-state index is -0.460. The molecule has 1 N–H and O–H groups in total. The maximum Gasteiger partial charge on any atom is 0.340 e. The molecule has 1 aromatic heterocycles. The molecule has 0 unspecified atom stereocenters. The molecule has 2 heterocycles. The minimum absolute atomic E-state index is 0.170. The number of benzene rings is 1. The van der Waals surface area contributed by atoms with Crippen molar-refractivity contribution in [3.8, 4) is 0 Å². The molecule has 2 aromatic rings. The molecule has 3 rings (SSSR count). The molecule has 7 nitrogen and oxygen atoms in total. The summed E-state index contributed by atoms with van der Waals surface area (Å²) < 4.78 is 15.9. The average Bonchev–Trinajstić information content (AvgIpc) is 3.08. The van der Waals surface area contributed by atoms with Crippen LogP contribution in [0, 0.1) is 0 Å². The van der Waals surface area contributed by atoms with E-state index in [1.165, 1.54) is 7.11 Å². The molecule has 1 saturated heterocycles. The Morgan fingerprint density at radius 2 is 1.96 bits per heavy atom. The number of methoxy groups -OCH3 is 1. The van der Waals surface area contributed by atoms with Gasteiger partial charge >= 0.3 is 5.97 Å². The van der Waals surface area contributed by atoms with Crippen molar-refractivity contribution in [3.63, 3.8) is 0 Å². The zero-order chi connectivity index (χ0) is 17.8. The van der Waals surface area contributed by atoms with Crippen LogP contribution in [0.3, 0.4) is 0 Å². The smallest absolute Gasteiger partial charge is 0.340 e. The second-order valence-corrected chi connectivity index (χ2v) is 6.16. The topological polar surface area (TPSA) is 81.0 Å². The molecule has 132 valence electrons. The maximum absolute atomic E-state index is 12.2. The highest BCUT2D eigenvalue weighted by Gasteiger charge is 2.21. The van der Waals surface area contributed by atoms with Crippen LogP contribution in [0.4, 0.5) is 11.4 Å². The summed E-state index contributed by atoms with van der Waals surface area (Å²) in [6.07, 6.45) is 0. The van der Waals surface area contributed by atoms with Crippen molar-refractivity contribution in [2.45, 2.75) is 0 Å². The Labute approximate surface area is 153 Å². The molecule has 1 aromatic carbocycles. The Hall–Kier alpha value is -2.32. The van der Waals surface area contributed by atoms with E-state index in [9.17, 15) is 9.59 Å². The van der Waals surface area contributed by atoms with Gasteiger partial charge in [-0.2, -0.15) is 0 Å². The molecule has 8 heteroatoms. The molecule has 0 bridgehead atoms. The first-order chi connectivity index (χ1) is 12.1. The van der Waals surface area contributed by atoms with Crippen molar-refractivity contribution in [1.29, 1.82) is 0 Å². The van der Waals surface area contributed by atoms with Gasteiger partial charge in [-0.15, -0.1) is 0 Å². The Kier molecular flexibility index (Phi) is 5.40. The zero-order valence-electron chi connectivity index (χ0n) is 13.6. The van der Waals surface area contributed by atoms with Crippen molar-refractivity contribution in [2.75, 3.05) is 43.6 Å². The van der Waals surface area contributed by atoms with Gasteiger partial charge in [0.25, 0.3) is 5.91 Å². The number of anilines is 2. The normalized spacial score (nSPS) is 14.2. The number of hydrogen-bond acceptors (Lipinski definition) is 6. The molecule has 0 saturated carbocycles. The van der Waals surface area contributed by atoms with Crippen molar-refractivity contribution in [1.82, 2.24) is 0 Å². The van der Waals surface area contributed by atoms with E-state index >= 15 is 0 Å². The molecule has 1 aliphatic heterocycles. The van der Waals surface area contributed by atoms with Crippen LogP contribution in [-0.4, -0.2) is 45.3 Å². The van der Waals surface area contributed by atoms with Crippen molar-refractivity contribution >= 4 is 39.2 Å². The lowest BCUT2D eigenvalue weighted by Gasteiger charge is -2.30. The number of amides is 1. The molecule has 1 aliphatic rings. The quantitative estimate of drug-likeness (QED) is 0.783. The second-order valence-electron chi connectivity index (χ2n) is 5.38. The summed E-state index contributed by atoms with van der Waals surface area (Å²) >= 11 is 3.16. The number of carbonyl (C=O) groups excluding carboxylic acids is 2. The van der Waals surface area contributed by atoms with Crippen LogP contribution >= 0.6 is 15.9 Å². The van der Waals surface area contributed by atoms with E-state index in [0.29, 0.717) is 42.2 Å². The van der Waals surface area contributed by atoms with Gasteiger partial charge in [-0.3, -0.25) is 4.79 Å². The van der Waals surface area contributed by atoms with Gasteiger partial charge in [0.05, 0.1) is 31.6 Å². The van der Waals surface area contributed by atoms with Gasteiger partial charge in [-0.25, -0.2) is 4.79 Å². The van der Waals surface area contributed by atoms with Crippen LogP contribution in [-0.2, 0) is 9.47 Å². The molecule has 1 amide bonds. The number of nitrogens with one attached hydrogen (secondary N) is 1. The summed E-state index contributed by atoms with van der Waals surface area (Å²) in [5.74, 6) is -0.692. The Morgan fingerprint density at radius 1 is 1.20 bits per heavy atom. The van der Waals surface area contributed by atoms with Gasteiger partial charge in [-0.05, 0) is 46.3 Å². The summed E-state index contributed by atoms with van der Waals surface area (Å²) in [4.78, 5) is 26.4. The Balaban J connectivity index is 1.85. The lowest BCUT2D eigenvalue weighted by atomic mass is 10.1. The number of furan rings is 1. The third-order valence-corrected chi connectivity index (χ3v) is 4.23. The van der Waals surface area contributed by atoms with E-state index < -0.39 is 11.9 Å². The first kappa shape index (κ1) is 17.5. The fraction of sp³-hybridized carbons (Fsp3) is 0.294. The number of hydrogen-bond donors (Lipinski definition) is 1. The summed E-state index contributed by atoms with van der Waals surface area (Å²) in [5.41, 5.74) is 1.63. The molecular weight excluding hydrogens is 392 g/mol. The highest BCUT2D eigenvalue weighted by Crippen LogP contribution is 2.26. The van der Waals surface area contributed by atoms with E-state index in [0.717, 1.165) is 5.69 Å². The molecular formula is C17H17BrN2O5. The predicted molar refractivity (Wildman–Crippen MR) is 95.2 cm³/mol. The summed E-state index contributed by atoms with van der Waals surface area (Å²) in [7, 11) is 1.33. The Morgan fingerprint density at radius 3 is 2.60 bits per heavy atom. The van der Waals surface area contributed by atoms with Gasteiger partial charge in [0.1, 0.15) is 0 Å². The highest BCUT2D eigenvalue weighted by atomic mass is 79.9. The van der Waals surface area contributed by atoms with E-state index in [-0.39, 0.29) is 5.76 Å². The van der Waals surface area contributed by atoms with Crippen LogP contribution < -0.4 is 10.2 Å². The lowest BCUT2D eigenvalue weighted by Crippen LogP contribution is -2.37. The molecule has 0 atom stereocenters. The number of esters is 1. The fourth-order valence-electron chi connectivity index (χ4n) is 2.60. The minimum Gasteiger partial charge on any atom is -0.465 e. The van der Waals surface area contributed by atoms with E-state index in [1.54, 1.807) is 30.3 Å². The van der Waals surface area contributed by atoms with Crippen molar-refractivity contribution in [3.05, 3.63) is 46.3 Å². The van der Waals surface area contributed by atoms with Gasteiger partial charge in [0, 0.05) is 18.8 Å². The number of carbonyl (C=O) groups is 2. The first-order valence-electron chi connectivity index (χ1n) is 7.70. The van der Waals surface area contributed by atoms with Crippen LogP contribution in [0.1, 0.15) is 20.9 Å². The maximum atomic E-state index is 12.2. The van der Waals surface area contributed by atoms with E-state index in [1.807, 2.05) is 0 Å². The molecule has 0 spiro atoms. The van der Waals surface area contributed by atoms with Crippen LogP contribution in [0.5, 0.6) is 0 Å². The standard InChI is InChI=1S/C17H17BrN2O5/c1-23-17(22)12-10-11(19-16(21)14-4-5-15(18)25-14)2-3-13(12)20-6-8-24-9-7-20/h2-5,10H,6-9H2,1H3,(H,19,21). The number of rotatable bonds is 4. The van der Waals surface area contributed by atoms with Gasteiger partial charge in [0.15, 0.2) is 10.4 Å². The number of ether oxygens (including phenoxy) is 2. The molecule has 0 aliphatic carbocycles. The van der Waals surface area contributed by atoms with E-state index in [4.69, 9.17) is 13.9 Å². The number of nitrogens with zero attached hydrogens (tertiary/aromatic N) is 1. The zero-order valence-corrected chi connectivity index (χ0v) is 15.2. The summed E-state index contributed by atoms with van der Waals surface area (Å²) in [5, 5.41) is 2.72. The number of halogens is 1. The third kappa shape index (κ3) is 4.02. The van der Waals surface area contributed by atoms with Crippen molar-refractivity contribution in [2.24, 2.45) is 0 Å². The van der Waals surface area contributed by atoms with Gasteiger partial charge < -0.3 is 24.1 Å². The third-order valence-electron chi connectivity index (χ3n) is 3.81. The molecule has 1 fully saturated rings.